The Morgan fingerprint density at radius 3 is 2.29 bits per heavy atom. The smallest absolute Gasteiger partial charge is 0.244 e. The number of anilines is 1. The standard InChI is InChI=1S/C11H14Cl2N2O4S2/c12-7-5-9(13)11(10(14)6-7)21(18,19)15-8-1-3-20(16,17)4-2-8/h5-6,8,15H,1-4,14H2. The van der Waals surface area contributed by atoms with Crippen LogP contribution in [-0.2, 0) is 19.9 Å². The average Bonchev–Trinajstić information content (AvgIpc) is 2.30. The van der Waals surface area contributed by atoms with Gasteiger partial charge < -0.3 is 5.73 Å². The molecule has 1 fully saturated rings. The molecule has 0 aliphatic carbocycles. The van der Waals surface area contributed by atoms with E-state index in [1.54, 1.807) is 0 Å². The Kier molecular flexibility index (Phi) is 4.75. The predicted octanol–water partition coefficient (Wildman–Crippen LogP) is 1.43. The van der Waals surface area contributed by atoms with E-state index in [2.05, 4.69) is 4.72 Å². The van der Waals surface area contributed by atoms with Gasteiger partial charge in [0.25, 0.3) is 0 Å². The zero-order chi connectivity index (χ0) is 15.8. The summed E-state index contributed by atoms with van der Waals surface area (Å²) in [5, 5.41) is 0.163. The minimum Gasteiger partial charge on any atom is -0.398 e. The van der Waals surface area contributed by atoms with E-state index >= 15 is 0 Å². The molecule has 1 aliphatic rings. The van der Waals surface area contributed by atoms with Crippen molar-refractivity contribution in [1.82, 2.24) is 4.72 Å². The molecule has 6 nitrogen and oxygen atoms in total. The van der Waals surface area contributed by atoms with Crippen LogP contribution in [0.5, 0.6) is 0 Å². The van der Waals surface area contributed by atoms with Crippen molar-refractivity contribution in [2.24, 2.45) is 0 Å². The molecule has 1 aliphatic heterocycles. The van der Waals surface area contributed by atoms with Gasteiger partial charge in [0, 0.05) is 11.1 Å². The van der Waals surface area contributed by atoms with Crippen molar-refractivity contribution in [2.75, 3.05) is 17.2 Å². The first kappa shape index (κ1) is 16.8. The summed E-state index contributed by atoms with van der Waals surface area (Å²) in [6.45, 7) is 0. The molecule has 0 bridgehead atoms. The fourth-order valence-electron chi connectivity index (χ4n) is 2.15. The SMILES string of the molecule is Nc1cc(Cl)cc(Cl)c1S(=O)(=O)NC1CCS(=O)(=O)CC1. The lowest BCUT2D eigenvalue weighted by molar-refractivity contribution is 0.505. The number of rotatable bonds is 3. The van der Waals surface area contributed by atoms with Gasteiger partial charge in [-0.2, -0.15) is 0 Å². The summed E-state index contributed by atoms with van der Waals surface area (Å²) >= 11 is 11.7. The van der Waals surface area contributed by atoms with Crippen LogP contribution in [0.4, 0.5) is 5.69 Å². The molecule has 1 saturated heterocycles. The van der Waals surface area contributed by atoms with Crippen molar-refractivity contribution in [3.05, 3.63) is 22.2 Å². The molecule has 0 saturated carbocycles. The number of nitrogens with one attached hydrogen (secondary N) is 1. The Morgan fingerprint density at radius 1 is 1.19 bits per heavy atom. The Bertz CT molecular complexity index is 725. The lowest BCUT2D eigenvalue weighted by atomic mass is 10.2. The van der Waals surface area contributed by atoms with Crippen LogP contribution < -0.4 is 10.5 Å². The van der Waals surface area contributed by atoms with Gasteiger partial charge in [0.05, 0.1) is 22.2 Å². The highest BCUT2D eigenvalue weighted by atomic mass is 35.5. The number of hydrogen-bond donors (Lipinski definition) is 2. The van der Waals surface area contributed by atoms with Gasteiger partial charge in [-0.05, 0) is 25.0 Å². The maximum atomic E-state index is 12.3. The Hall–Kier alpha value is -0.540. The first-order valence-corrected chi connectivity index (χ1v) is 10.1. The van der Waals surface area contributed by atoms with Gasteiger partial charge in [0.2, 0.25) is 10.0 Å². The molecule has 0 amide bonds. The minimum atomic E-state index is -3.94. The molecule has 0 unspecified atom stereocenters. The first-order chi connectivity index (χ1) is 9.61. The van der Waals surface area contributed by atoms with Gasteiger partial charge >= 0.3 is 0 Å². The molecule has 3 N–H and O–H groups in total. The number of nitrogens with two attached hydrogens (primary N) is 1. The van der Waals surface area contributed by atoms with E-state index in [9.17, 15) is 16.8 Å². The second kappa shape index (κ2) is 5.92. The summed E-state index contributed by atoms with van der Waals surface area (Å²) in [7, 11) is -7.00. The molecular weight excluding hydrogens is 359 g/mol. The summed E-state index contributed by atoms with van der Waals surface area (Å²) < 4.78 is 49.8. The lowest BCUT2D eigenvalue weighted by Gasteiger charge is -2.23. The molecular formula is C11H14Cl2N2O4S2. The van der Waals surface area contributed by atoms with E-state index in [-0.39, 0.29) is 45.0 Å². The number of hydrogen-bond acceptors (Lipinski definition) is 5. The predicted molar refractivity (Wildman–Crippen MR) is 82.9 cm³/mol. The Morgan fingerprint density at radius 2 is 1.76 bits per heavy atom. The molecule has 10 heteroatoms. The van der Waals surface area contributed by atoms with Gasteiger partial charge in [-0.1, -0.05) is 23.2 Å². The van der Waals surface area contributed by atoms with E-state index in [1.165, 1.54) is 12.1 Å². The van der Waals surface area contributed by atoms with Gasteiger partial charge in [0.1, 0.15) is 14.7 Å². The van der Waals surface area contributed by atoms with Crippen LogP contribution in [-0.4, -0.2) is 34.4 Å². The van der Waals surface area contributed by atoms with E-state index in [4.69, 9.17) is 28.9 Å². The number of halogens is 2. The molecule has 21 heavy (non-hydrogen) atoms. The number of nitrogen functional groups attached to an aromatic ring is 1. The van der Waals surface area contributed by atoms with Crippen molar-refractivity contribution in [2.45, 2.75) is 23.8 Å². The van der Waals surface area contributed by atoms with Crippen molar-refractivity contribution in [1.29, 1.82) is 0 Å². The van der Waals surface area contributed by atoms with Crippen molar-refractivity contribution in [3.8, 4) is 0 Å². The summed E-state index contributed by atoms with van der Waals surface area (Å²) in [5.41, 5.74) is 5.62. The molecule has 118 valence electrons. The molecule has 1 heterocycles. The van der Waals surface area contributed by atoms with Crippen LogP contribution in [0, 0.1) is 0 Å². The molecule has 1 aromatic carbocycles. The quantitative estimate of drug-likeness (QED) is 0.780. The van der Waals surface area contributed by atoms with Crippen molar-refractivity contribution < 1.29 is 16.8 Å². The summed E-state index contributed by atoms with van der Waals surface area (Å²) in [4.78, 5) is -0.234. The van der Waals surface area contributed by atoms with Gasteiger partial charge in [-0.25, -0.2) is 21.6 Å². The topological polar surface area (TPSA) is 106 Å². The highest BCUT2D eigenvalue weighted by Gasteiger charge is 2.29. The fraction of sp³-hybridized carbons (Fsp3) is 0.455. The molecule has 2 rings (SSSR count). The molecule has 0 aromatic heterocycles. The van der Waals surface area contributed by atoms with Crippen LogP contribution in [0.3, 0.4) is 0 Å². The van der Waals surface area contributed by atoms with Crippen LogP contribution >= 0.6 is 23.2 Å². The molecule has 0 atom stereocenters. The third-order valence-electron chi connectivity index (χ3n) is 3.18. The fourth-order valence-corrected chi connectivity index (χ4v) is 5.93. The zero-order valence-corrected chi connectivity index (χ0v) is 14.0. The zero-order valence-electron chi connectivity index (χ0n) is 10.8. The first-order valence-electron chi connectivity index (χ1n) is 6.08. The number of sulfonamides is 1. The molecule has 0 radical (unpaired) electrons. The van der Waals surface area contributed by atoms with Crippen LogP contribution in [0.2, 0.25) is 10.0 Å². The van der Waals surface area contributed by atoms with E-state index in [0.717, 1.165) is 0 Å². The second-order valence-corrected chi connectivity index (χ2v) is 9.65. The highest BCUT2D eigenvalue weighted by molar-refractivity contribution is 7.91. The molecule has 1 aromatic rings. The van der Waals surface area contributed by atoms with E-state index < -0.39 is 25.9 Å². The van der Waals surface area contributed by atoms with Gasteiger partial charge in [0.15, 0.2) is 0 Å². The highest BCUT2D eigenvalue weighted by Crippen LogP contribution is 2.31. The number of sulfone groups is 1. The summed E-state index contributed by atoms with van der Waals surface area (Å²) in [6, 6.07) is 2.14. The Labute approximate surface area is 133 Å². The largest absolute Gasteiger partial charge is 0.398 e. The van der Waals surface area contributed by atoms with Crippen molar-refractivity contribution in [3.63, 3.8) is 0 Å². The van der Waals surface area contributed by atoms with Crippen LogP contribution in [0.1, 0.15) is 12.8 Å². The molecule has 0 spiro atoms. The normalized spacial score (nSPS) is 19.5. The minimum absolute atomic E-state index is 0.0377. The number of benzene rings is 1. The van der Waals surface area contributed by atoms with Crippen LogP contribution in [0.25, 0.3) is 0 Å². The average molecular weight is 373 g/mol. The third kappa shape index (κ3) is 4.01. The third-order valence-corrected chi connectivity index (χ3v) is 7.16. The van der Waals surface area contributed by atoms with Gasteiger partial charge in [-0.15, -0.1) is 0 Å². The Balaban J connectivity index is 2.24. The van der Waals surface area contributed by atoms with E-state index in [1.807, 2.05) is 0 Å². The lowest BCUT2D eigenvalue weighted by Crippen LogP contribution is -2.41. The van der Waals surface area contributed by atoms with Crippen LogP contribution in [0.15, 0.2) is 17.0 Å². The summed E-state index contributed by atoms with van der Waals surface area (Å²) in [5.74, 6) is -0.0754. The van der Waals surface area contributed by atoms with Crippen molar-refractivity contribution >= 4 is 48.7 Å². The maximum absolute atomic E-state index is 12.3. The summed E-state index contributed by atoms with van der Waals surface area (Å²) in [6.07, 6.45) is 0.458. The monoisotopic (exact) mass is 372 g/mol. The van der Waals surface area contributed by atoms with E-state index in [0.29, 0.717) is 0 Å². The second-order valence-electron chi connectivity index (χ2n) is 4.85. The van der Waals surface area contributed by atoms with Gasteiger partial charge in [-0.3, -0.25) is 0 Å². The maximum Gasteiger partial charge on any atom is 0.244 e.